The summed E-state index contributed by atoms with van der Waals surface area (Å²) in [6.45, 7) is 7.87. The van der Waals surface area contributed by atoms with Gasteiger partial charge in [0.2, 0.25) is 0 Å². The van der Waals surface area contributed by atoms with E-state index in [1.807, 2.05) is 32.5 Å². The first-order valence-electron chi connectivity index (χ1n) is 7.07. The summed E-state index contributed by atoms with van der Waals surface area (Å²) in [5, 5.41) is 6.23. The lowest BCUT2D eigenvalue weighted by atomic mass is 10.1. The SMILES string of the molecule is COCC(CCCNC(=O)OC(C)(C)C)NCCSC. The third kappa shape index (κ3) is 12.6. The van der Waals surface area contributed by atoms with E-state index >= 15 is 0 Å². The maximum atomic E-state index is 11.5. The summed E-state index contributed by atoms with van der Waals surface area (Å²) < 4.78 is 10.4. The third-order valence-corrected chi connectivity index (χ3v) is 3.12. The zero-order valence-electron chi connectivity index (χ0n) is 13.5. The van der Waals surface area contributed by atoms with Crippen LogP contribution in [-0.4, -0.2) is 56.6 Å². The Kier molecular flexibility index (Phi) is 11.0. The minimum absolute atomic E-state index is 0.340. The molecule has 0 fully saturated rings. The number of carbonyl (C=O) groups excluding carboxylic acids is 1. The molecule has 0 aromatic carbocycles. The van der Waals surface area contributed by atoms with Gasteiger partial charge >= 0.3 is 6.09 Å². The first kappa shape index (κ1) is 19.5. The van der Waals surface area contributed by atoms with Crippen molar-refractivity contribution in [1.29, 1.82) is 0 Å². The highest BCUT2D eigenvalue weighted by molar-refractivity contribution is 7.98. The van der Waals surface area contributed by atoms with Crippen LogP contribution < -0.4 is 10.6 Å². The second-order valence-electron chi connectivity index (χ2n) is 5.67. The fraction of sp³-hybridized carbons (Fsp3) is 0.929. The molecule has 0 spiro atoms. The molecule has 1 atom stereocenters. The van der Waals surface area contributed by atoms with Crippen molar-refractivity contribution in [3.63, 3.8) is 0 Å². The van der Waals surface area contributed by atoms with E-state index < -0.39 is 5.60 Å². The van der Waals surface area contributed by atoms with Gasteiger partial charge in [0.15, 0.2) is 0 Å². The standard InChI is InChI=1S/C14H30N2O3S/c1-14(2,3)19-13(17)16-8-6-7-12(11-18-4)15-9-10-20-5/h12,15H,6-11H2,1-5H3,(H,16,17). The van der Waals surface area contributed by atoms with Crippen LogP contribution in [0.15, 0.2) is 0 Å². The number of hydrogen-bond donors (Lipinski definition) is 2. The monoisotopic (exact) mass is 306 g/mol. The van der Waals surface area contributed by atoms with E-state index in [1.54, 1.807) is 7.11 Å². The van der Waals surface area contributed by atoms with Gasteiger partial charge in [-0.15, -0.1) is 0 Å². The van der Waals surface area contributed by atoms with Gasteiger partial charge in [-0.2, -0.15) is 11.8 Å². The van der Waals surface area contributed by atoms with Gasteiger partial charge in [-0.25, -0.2) is 4.79 Å². The summed E-state index contributed by atoms with van der Waals surface area (Å²) >= 11 is 1.82. The smallest absolute Gasteiger partial charge is 0.407 e. The van der Waals surface area contributed by atoms with Crippen molar-refractivity contribution >= 4 is 17.9 Å². The molecule has 2 N–H and O–H groups in total. The minimum atomic E-state index is -0.442. The van der Waals surface area contributed by atoms with Crippen LogP contribution in [0.4, 0.5) is 4.79 Å². The Balaban J connectivity index is 3.74. The number of nitrogens with one attached hydrogen (secondary N) is 2. The predicted octanol–water partition coefficient (Wildman–Crippen LogP) is 2.26. The van der Waals surface area contributed by atoms with Gasteiger partial charge < -0.3 is 20.1 Å². The molecule has 0 saturated heterocycles. The molecule has 1 unspecified atom stereocenters. The number of methoxy groups -OCH3 is 1. The second-order valence-corrected chi connectivity index (χ2v) is 6.66. The Morgan fingerprint density at radius 2 is 2.00 bits per heavy atom. The first-order valence-corrected chi connectivity index (χ1v) is 8.46. The van der Waals surface area contributed by atoms with Gasteiger partial charge in [0.25, 0.3) is 0 Å². The number of carbonyl (C=O) groups is 1. The molecule has 120 valence electrons. The highest BCUT2D eigenvalue weighted by Gasteiger charge is 2.15. The average molecular weight is 306 g/mol. The van der Waals surface area contributed by atoms with Crippen molar-refractivity contribution in [3.05, 3.63) is 0 Å². The Bertz CT molecular complexity index is 257. The van der Waals surface area contributed by atoms with Crippen LogP contribution in [0.5, 0.6) is 0 Å². The van der Waals surface area contributed by atoms with Crippen molar-refractivity contribution in [2.24, 2.45) is 0 Å². The van der Waals surface area contributed by atoms with Crippen molar-refractivity contribution in [1.82, 2.24) is 10.6 Å². The predicted molar refractivity (Wildman–Crippen MR) is 85.5 cm³/mol. The van der Waals surface area contributed by atoms with E-state index in [2.05, 4.69) is 16.9 Å². The Labute approximate surface area is 127 Å². The molecule has 0 aliphatic carbocycles. The summed E-state index contributed by atoms with van der Waals surface area (Å²) in [6.07, 6.45) is 3.62. The molecule has 0 heterocycles. The van der Waals surface area contributed by atoms with Crippen LogP contribution in [0, 0.1) is 0 Å². The van der Waals surface area contributed by atoms with Crippen LogP contribution >= 0.6 is 11.8 Å². The molecule has 6 heteroatoms. The lowest BCUT2D eigenvalue weighted by Gasteiger charge is -2.20. The molecule has 0 saturated carbocycles. The molecule has 0 bridgehead atoms. The fourth-order valence-corrected chi connectivity index (χ4v) is 1.99. The van der Waals surface area contributed by atoms with E-state index in [4.69, 9.17) is 9.47 Å². The quantitative estimate of drug-likeness (QED) is 0.606. The maximum Gasteiger partial charge on any atom is 0.407 e. The van der Waals surface area contributed by atoms with Crippen LogP contribution in [0.3, 0.4) is 0 Å². The number of thioether (sulfide) groups is 1. The number of ether oxygens (including phenoxy) is 2. The Morgan fingerprint density at radius 3 is 2.55 bits per heavy atom. The first-order chi connectivity index (χ1) is 9.39. The molecule has 0 aliphatic rings. The summed E-state index contributed by atoms with van der Waals surface area (Å²) in [4.78, 5) is 11.5. The lowest BCUT2D eigenvalue weighted by Crippen LogP contribution is -2.36. The van der Waals surface area contributed by atoms with Gasteiger partial charge in [0.05, 0.1) is 6.61 Å². The molecule has 20 heavy (non-hydrogen) atoms. The summed E-state index contributed by atoms with van der Waals surface area (Å²) in [6, 6.07) is 0.340. The fourth-order valence-electron chi connectivity index (χ4n) is 1.66. The van der Waals surface area contributed by atoms with Gasteiger partial charge in [0.1, 0.15) is 5.60 Å². The van der Waals surface area contributed by atoms with E-state index in [1.165, 1.54) is 0 Å². The second kappa shape index (κ2) is 11.2. The molecular weight excluding hydrogens is 276 g/mol. The van der Waals surface area contributed by atoms with E-state index in [0.717, 1.165) is 25.1 Å². The zero-order valence-corrected chi connectivity index (χ0v) is 14.3. The largest absolute Gasteiger partial charge is 0.444 e. The van der Waals surface area contributed by atoms with Crippen LogP contribution in [0.1, 0.15) is 33.6 Å². The van der Waals surface area contributed by atoms with Crippen LogP contribution in [-0.2, 0) is 9.47 Å². The normalized spacial score (nSPS) is 13.1. The highest BCUT2D eigenvalue weighted by Crippen LogP contribution is 2.06. The molecule has 0 radical (unpaired) electrons. The summed E-state index contributed by atoms with van der Waals surface area (Å²) in [5.41, 5.74) is -0.442. The number of hydrogen-bond acceptors (Lipinski definition) is 5. The minimum Gasteiger partial charge on any atom is -0.444 e. The van der Waals surface area contributed by atoms with Gasteiger partial charge in [-0.1, -0.05) is 0 Å². The van der Waals surface area contributed by atoms with E-state index in [0.29, 0.717) is 19.2 Å². The molecule has 0 aromatic rings. The summed E-state index contributed by atoms with van der Waals surface area (Å²) in [7, 11) is 1.71. The average Bonchev–Trinajstić information content (AvgIpc) is 2.32. The number of alkyl carbamates (subject to hydrolysis) is 1. The van der Waals surface area contributed by atoms with Crippen molar-refractivity contribution < 1.29 is 14.3 Å². The number of rotatable bonds is 10. The Hall–Kier alpha value is -0.460. The van der Waals surface area contributed by atoms with E-state index in [9.17, 15) is 4.79 Å². The third-order valence-electron chi connectivity index (χ3n) is 2.50. The van der Waals surface area contributed by atoms with E-state index in [-0.39, 0.29) is 6.09 Å². The lowest BCUT2D eigenvalue weighted by molar-refractivity contribution is 0.0526. The van der Waals surface area contributed by atoms with Crippen LogP contribution in [0.25, 0.3) is 0 Å². The summed E-state index contributed by atoms with van der Waals surface area (Å²) in [5.74, 6) is 1.09. The molecule has 0 rings (SSSR count). The molecule has 5 nitrogen and oxygen atoms in total. The van der Waals surface area contributed by atoms with Crippen molar-refractivity contribution in [2.45, 2.75) is 45.3 Å². The Morgan fingerprint density at radius 1 is 1.30 bits per heavy atom. The molecule has 0 aliphatic heterocycles. The zero-order chi connectivity index (χ0) is 15.4. The van der Waals surface area contributed by atoms with Gasteiger partial charge in [0, 0.05) is 32.0 Å². The van der Waals surface area contributed by atoms with Crippen molar-refractivity contribution in [3.8, 4) is 0 Å². The molecule has 1 amide bonds. The molecule has 0 aromatic heterocycles. The van der Waals surface area contributed by atoms with Crippen molar-refractivity contribution in [2.75, 3.05) is 38.8 Å². The highest BCUT2D eigenvalue weighted by atomic mass is 32.2. The topological polar surface area (TPSA) is 59.6 Å². The molecular formula is C14H30N2O3S. The van der Waals surface area contributed by atoms with Crippen LogP contribution in [0.2, 0.25) is 0 Å². The number of amides is 1. The maximum absolute atomic E-state index is 11.5. The van der Waals surface area contributed by atoms with Gasteiger partial charge in [-0.3, -0.25) is 0 Å². The van der Waals surface area contributed by atoms with Gasteiger partial charge in [-0.05, 0) is 39.9 Å².